The molecule has 0 aliphatic carbocycles. The van der Waals surface area contributed by atoms with Crippen LogP contribution in [0.15, 0.2) is 60.8 Å². The molecule has 0 saturated heterocycles. The van der Waals surface area contributed by atoms with E-state index in [-0.39, 0.29) is 11.6 Å². The number of nitrogens with one attached hydrogen (secondary N) is 2. The Kier molecular flexibility index (Phi) is 4.90. The van der Waals surface area contributed by atoms with Crippen LogP contribution < -0.4 is 10.6 Å². The van der Waals surface area contributed by atoms with Crippen molar-refractivity contribution in [2.24, 2.45) is 7.05 Å². The molecule has 4 rings (SSSR count). The van der Waals surface area contributed by atoms with Gasteiger partial charge in [-0.1, -0.05) is 47.5 Å². The van der Waals surface area contributed by atoms with Gasteiger partial charge in [-0.3, -0.25) is 4.79 Å². The molecule has 0 fully saturated rings. The van der Waals surface area contributed by atoms with Gasteiger partial charge < -0.3 is 15.2 Å². The monoisotopic (exact) mass is 411 g/mol. The van der Waals surface area contributed by atoms with Gasteiger partial charge in [0.2, 0.25) is 5.95 Å². The predicted octanol–water partition coefficient (Wildman–Crippen LogP) is 5.27. The highest BCUT2D eigenvalue weighted by Crippen LogP contribution is 2.33. The van der Waals surface area contributed by atoms with Gasteiger partial charge in [-0.25, -0.2) is 9.97 Å². The predicted molar refractivity (Wildman–Crippen MR) is 113 cm³/mol. The van der Waals surface area contributed by atoms with Crippen molar-refractivity contribution in [3.63, 3.8) is 0 Å². The number of carbonyl (C=O) groups is 1. The molecule has 0 aliphatic heterocycles. The highest BCUT2D eigenvalue weighted by atomic mass is 35.5. The van der Waals surface area contributed by atoms with Gasteiger partial charge in [0.25, 0.3) is 5.91 Å². The molecule has 0 spiro atoms. The molecule has 28 heavy (non-hydrogen) atoms. The van der Waals surface area contributed by atoms with Crippen LogP contribution in [-0.2, 0) is 7.05 Å². The van der Waals surface area contributed by atoms with Crippen molar-refractivity contribution in [2.75, 3.05) is 10.6 Å². The SMILES string of the molecule is Cn1c(Nc2c(Cl)cccc2Cl)nc2cc(C(=O)Nc3ccccc3)ncc21. The van der Waals surface area contributed by atoms with Gasteiger partial charge >= 0.3 is 0 Å². The molecule has 2 N–H and O–H groups in total. The average Bonchev–Trinajstić information content (AvgIpc) is 3.00. The number of amides is 1. The van der Waals surface area contributed by atoms with Crippen LogP contribution in [0, 0.1) is 0 Å². The van der Waals surface area contributed by atoms with E-state index in [0.717, 1.165) is 5.52 Å². The van der Waals surface area contributed by atoms with Gasteiger partial charge in [0.15, 0.2) is 0 Å². The Morgan fingerprint density at radius 1 is 1.04 bits per heavy atom. The van der Waals surface area contributed by atoms with Crippen molar-refractivity contribution in [3.05, 3.63) is 76.5 Å². The third kappa shape index (κ3) is 3.52. The van der Waals surface area contributed by atoms with Crippen LogP contribution in [0.4, 0.5) is 17.3 Å². The maximum atomic E-state index is 12.5. The van der Waals surface area contributed by atoms with E-state index in [1.807, 2.05) is 41.9 Å². The van der Waals surface area contributed by atoms with E-state index < -0.39 is 0 Å². The van der Waals surface area contributed by atoms with Crippen molar-refractivity contribution >= 4 is 57.5 Å². The van der Waals surface area contributed by atoms with Gasteiger partial charge in [0.05, 0.1) is 33.0 Å². The van der Waals surface area contributed by atoms with Crippen LogP contribution in [0.2, 0.25) is 10.0 Å². The highest BCUT2D eigenvalue weighted by Gasteiger charge is 2.15. The van der Waals surface area contributed by atoms with E-state index in [2.05, 4.69) is 20.6 Å². The Balaban J connectivity index is 1.65. The van der Waals surface area contributed by atoms with E-state index in [1.54, 1.807) is 30.5 Å². The Bertz CT molecular complexity index is 1150. The summed E-state index contributed by atoms with van der Waals surface area (Å²) in [6.45, 7) is 0. The summed E-state index contributed by atoms with van der Waals surface area (Å²) in [6.07, 6.45) is 1.61. The molecule has 0 unspecified atom stereocenters. The number of fused-ring (bicyclic) bond motifs is 1. The quantitative estimate of drug-likeness (QED) is 0.479. The number of anilines is 3. The minimum absolute atomic E-state index is 0.275. The van der Waals surface area contributed by atoms with Crippen molar-refractivity contribution in [1.82, 2.24) is 14.5 Å². The first-order valence-electron chi connectivity index (χ1n) is 8.43. The average molecular weight is 412 g/mol. The summed E-state index contributed by atoms with van der Waals surface area (Å²) in [7, 11) is 1.84. The topological polar surface area (TPSA) is 71.8 Å². The smallest absolute Gasteiger partial charge is 0.274 e. The normalized spacial score (nSPS) is 10.8. The first-order valence-corrected chi connectivity index (χ1v) is 9.18. The standard InChI is InChI=1S/C20H15Cl2N5O/c1-27-17-11-23-16(19(28)24-12-6-3-2-4-7-12)10-15(17)25-20(27)26-18-13(21)8-5-9-14(18)22/h2-11H,1H3,(H,24,28)(H,25,26). The lowest BCUT2D eigenvalue weighted by molar-refractivity contribution is 0.102. The Labute approximate surface area is 171 Å². The summed E-state index contributed by atoms with van der Waals surface area (Å²) >= 11 is 12.5. The number of aromatic nitrogens is 3. The summed E-state index contributed by atoms with van der Waals surface area (Å²) in [5.74, 6) is 0.231. The Morgan fingerprint density at radius 2 is 1.75 bits per heavy atom. The van der Waals surface area contributed by atoms with Gasteiger partial charge in [-0.15, -0.1) is 0 Å². The van der Waals surface area contributed by atoms with E-state index in [0.29, 0.717) is 32.9 Å². The summed E-state index contributed by atoms with van der Waals surface area (Å²) in [5, 5.41) is 6.93. The number of carbonyl (C=O) groups excluding carboxylic acids is 1. The van der Waals surface area contributed by atoms with Crippen molar-refractivity contribution in [1.29, 1.82) is 0 Å². The molecule has 4 aromatic rings. The van der Waals surface area contributed by atoms with Crippen LogP contribution >= 0.6 is 23.2 Å². The largest absolute Gasteiger partial charge is 0.323 e. The van der Waals surface area contributed by atoms with Crippen molar-refractivity contribution in [3.8, 4) is 0 Å². The second-order valence-corrected chi connectivity index (χ2v) is 6.91. The van der Waals surface area contributed by atoms with E-state index in [9.17, 15) is 4.79 Å². The molecule has 2 aromatic carbocycles. The maximum absolute atomic E-state index is 12.5. The molecule has 0 aliphatic rings. The number of para-hydroxylation sites is 2. The number of rotatable bonds is 4. The van der Waals surface area contributed by atoms with Crippen LogP contribution in [0.1, 0.15) is 10.5 Å². The van der Waals surface area contributed by atoms with E-state index in [4.69, 9.17) is 23.2 Å². The Hall–Kier alpha value is -3.09. The number of pyridine rings is 1. The lowest BCUT2D eigenvalue weighted by Gasteiger charge is -2.09. The number of hydrogen-bond acceptors (Lipinski definition) is 4. The highest BCUT2D eigenvalue weighted by molar-refractivity contribution is 6.39. The van der Waals surface area contributed by atoms with Crippen LogP contribution in [0.5, 0.6) is 0 Å². The lowest BCUT2D eigenvalue weighted by atomic mass is 10.2. The molecule has 2 heterocycles. The molecule has 0 atom stereocenters. The first kappa shape index (κ1) is 18.3. The molecule has 140 valence electrons. The van der Waals surface area contributed by atoms with Crippen molar-refractivity contribution in [2.45, 2.75) is 0 Å². The summed E-state index contributed by atoms with van der Waals surface area (Å²) < 4.78 is 1.82. The number of hydrogen-bond donors (Lipinski definition) is 2. The maximum Gasteiger partial charge on any atom is 0.274 e. The first-order chi connectivity index (χ1) is 13.5. The number of aryl methyl sites for hydroxylation is 1. The second kappa shape index (κ2) is 7.50. The zero-order chi connectivity index (χ0) is 19.7. The van der Waals surface area contributed by atoms with Crippen LogP contribution in [0.25, 0.3) is 11.0 Å². The van der Waals surface area contributed by atoms with Gasteiger partial charge in [-0.05, 0) is 30.3 Å². The molecule has 0 radical (unpaired) electrons. The zero-order valence-corrected chi connectivity index (χ0v) is 16.3. The summed E-state index contributed by atoms with van der Waals surface area (Å²) in [5.41, 5.74) is 2.94. The lowest BCUT2D eigenvalue weighted by Crippen LogP contribution is -2.13. The third-order valence-corrected chi connectivity index (χ3v) is 4.86. The van der Waals surface area contributed by atoms with Gasteiger partial charge in [0, 0.05) is 12.7 Å². The fourth-order valence-electron chi connectivity index (χ4n) is 2.77. The van der Waals surface area contributed by atoms with E-state index in [1.165, 1.54) is 0 Å². The molecule has 6 nitrogen and oxygen atoms in total. The van der Waals surface area contributed by atoms with Gasteiger partial charge in [0.1, 0.15) is 5.69 Å². The number of halogens is 2. The molecule has 2 aromatic heterocycles. The minimum atomic E-state index is -0.303. The fourth-order valence-corrected chi connectivity index (χ4v) is 3.26. The number of benzene rings is 2. The van der Waals surface area contributed by atoms with Gasteiger partial charge in [-0.2, -0.15) is 0 Å². The molecule has 1 amide bonds. The van der Waals surface area contributed by atoms with Crippen LogP contribution in [-0.4, -0.2) is 20.4 Å². The molecular formula is C20H15Cl2N5O. The molecular weight excluding hydrogens is 397 g/mol. The van der Waals surface area contributed by atoms with Crippen molar-refractivity contribution < 1.29 is 4.79 Å². The molecule has 8 heteroatoms. The second-order valence-electron chi connectivity index (χ2n) is 6.09. The fraction of sp³-hybridized carbons (Fsp3) is 0.0500. The zero-order valence-electron chi connectivity index (χ0n) is 14.8. The number of nitrogens with zero attached hydrogens (tertiary/aromatic N) is 3. The minimum Gasteiger partial charge on any atom is -0.323 e. The third-order valence-electron chi connectivity index (χ3n) is 4.23. The summed E-state index contributed by atoms with van der Waals surface area (Å²) in [6, 6.07) is 16.1. The van der Waals surface area contributed by atoms with Crippen LogP contribution in [0.3, 0.4) is 0 Å². The molecule has 0 bridgehead atoms. The Morgan fingerprint density at radius 3 is 2.46 bits per heavy atom. The van der Waals surface area contributed by atoms with E-state index >= 15 is 0 Å². The number of imidazole rings is 1. The summed E-state index contributed by atoms with van der Waals surface area (Å²) in [4.78, 5) is 21.3. The molecule has 0 saturated carbocycles.